The van der Waals surface area contributed by atoms with Crippen molar-refractivity contribution in [3.05, 3.63) is 495 Å². The van der Waals surface area contributed by atoms with Crippen LogP contribution in [0.1, 0.15) is 22.3 Å². The lowest BCUT2D eigenvalue weighted by Crippen LogP contribution is -2.37. The van der Waals surface area contributed by atoms with E-state index in [1.54, 1.807) is 0 Å². The lowest BCUT2D eigenvalue weighted by Gasteiger charge is -2.46. The smallest absolute Gasteiger partial charge is 0.160 e. The van der Waals surface area contributed by atoms with Crippen molar-refractivity contribution in [2.75, 3.05) is 9.80 Å². The first-order valence-corrected chi connectivity index (χ1v) is 43.5. The third-order valence-electron chi connectivity index (χ3n) is 24.7. The Morgan fingerprint density at radius 2 is 0.476 bits per heavy atom. The van der Waals surface area contributed by atoms with Gasteiger partial charge in [0, 0.05) is 87.5 Å². The molecule has 0 aliphatic carbocycles. The summed E-state index contributed by atoms with van der Waals surface area (Å²) < 4.78 is 4.78. The lowest BCUT2D eigenvalue weighted by molar-refractivity contribution is 0.731. The van der Waals surface area contributed by atoms with E-state index in [4.69, 9.17) is 19.9 Å². The fraction of sp³-hybridized carbons (Fsp3) is 0.00855. The molecule has 0 unspecified atom stereocenters. The van der Waals surface area contributed by atoms with Crippen LogP contribution in [0.15, 0.2) is 483 Å². The highest BCUT2D eigenvalue weighted by molar-refractivity contribution is 7.99. The number of hydrogen-bond acceptors (Lipinski definition) is 7. The zero-order valence-electron chi connectivity index (χ0n) is 68.5. The van der Waals surface area contributed by atoms with Crippen LogP contribution in [0, 0.1) is 0 Å². The van der Waals surface area contributed by atoms with Crippen molar-refractivity contribution in [1.82, 2.24) is 29.1 Å². The van der Waals surface area contributed by atoms with E-state index in [9.17, 15) is 0 Å². The molecule has 0 spiro atoms. The molecule has 4 aromatic heterocycles. The second kappa shape index (κ2) is 31.9. The quantitative estimate of drug-likeness (QED) is 0.107. The number of benzene rings is 18. The van der Waals surface area contributed by atoms with E-state index in [-0.39, 0.29) is 0 Å². The molecular weight excluding hydrogens is 1550 g/mol. The second-order valence-corrected chi connectivity index (χ2v) is 33.1. The molecule has 6 heterocycles. The molecule has 0 amide bonds. The van der Waals surface area contributed by atoms with Crippen LogP contribution < -0.4 is 9.80 Å². The zero-order valence-corrected chi connectivity index (χ0v) is 69.3. The molecule has 22 aromatic rings. The molecule has 0 saturated carbocycles. The molecule has 0 N–H and O–H groups in total. The van der Waals surface area contributed by atoms with Crippen LogP contribution in [0.25, 0.3) is 145 Å². The largest absolute Gasteiger partial charge is 0.310 e. The maximum absolute atomic E-state index is 5.13. The van der Waals surface area contributed by atoms with Gasteiger partial charge in [-0.15, -0.1) is 0 Å². The molecule has 2 aliphatic heterocycles. The number of para-hydroxylation sites is 6. The zero-order chi connectivity index (χ0) is 83.4. The highest BCUT2D eigenvalue weighted by Crippen LogP contribution is 2.58. The Bertz CT molecular complexity index is 7600. The predicted octanol–water partition coefficient (Wildman–Crippen LogP) is 30.6. The fourth-order valence-electron chi connectivity index (χ4n) is 18.9. The van der Waals surface area contributed by atoms with Crippen molar-refractivity contribution >= 4 is 89.5 Å². The van der Waals surface area contributed by atoms with Crippen LogP contribution in [0.4, 0.5) is 34.1 Å². The monoisotopic (exact) mass is 1630 g/mol. The van der Waals surface area contributed by atoms with E-state index in [2.05, 4.69) is 468 Å². The van der Waals surface area contributed by atoms with Gasteiger partial charge in [0.15, 0.2) is 11.6 Å². The first-order chi connectivity index (χ1) is 62.5. The Hall–Kier alpha value is -16.3. The Morgan fingerprint density at radius 3 is 0.865 bits per heavy atom. The summed E-state index contributed by atoms with van der Waals surface area (Å²) >= 11 is 1.83. The van der Waals surface area contributed by atoms with Crippen molar-refractivity contribution in [1.29, 1.82) is 0 Å². The van der Waals surface area contributed by atoms with Gasteiger partial charge in [-0.25, -0.2) is 19.9 Å². The number of fused-ring (bicyclic) bond motifs is 10. The molecule has 24 rings (SSSR count). The van der Waals surface area contributed by atoms with Gasteiger partial charge in [0.05, 0.1) is 73.0 Å². The van der Waals surface area contributed by atoms with Gasteiger partial charge in [-0.05, 0) is 190 Å². The fourth-order valence-corrected chi connectivity index (χ4v) is 19.9. The van der Waals surface area contributed by atoms with Gasteiger partial charge in [-0.2, -0.15) is 0 Å². The number of rotatable bonds is 14. The molecular formula is C117H78N8S. The van der Waals surface area contributed by atoms with E-state index < -0.39 is 5.41 Å². The third-order valence-corrected chi connectivity index (χ3v) is 25.8. The molecule has 0 fully saturated rings. The van der Waals surface area contributed by atoms with Gasteiger partial charge in [0.1, 0.15) is 0 Å². The molecule has 18 aromatic carbocycles. The molecule has 126 heavy (non-hydrogen) atoms. The van der Waals surface area contributed by atoms with Crippen molar-refractivity contribution in [3.8, 4) is 101 Å². The predicted molar refractivity (Wildman–Crippen MR) is 522 cm³/mol. The lowest BCUT2D eigenvalue weighted by atomic mass is 9.62. The first kappa shape index (κ1) is 74.7. The van der Waals surface area contributed by atoms with Gasteiger partial charge < -0.3 is 18.9 Å². The minimum absolute atomic E-state index is 0.511. The number of anilines is 6. The molecule has 592 valence electrons. The minimum Gasteiger partial charge on any atom is -0.310 e. The van der Waals surface area contributed by atoms with Crippen LogP contribution in [0.3, 0.4) is 0 Å². The summed E-state index contributed by atoms with van der Waals surface area (Å²) in [6, 6.07) is 169. The molecule has 0 bridgehead atoms. The number of nitrogens with zero attached hydrogens (tertiary/aromatic N) is 8. The van der Waals surface area contributed by atoms with E-state index in [1.165, 1.54) is 76.0 Å². The highest BCUT2D eigenvalue weighted by atomic mass is 32.2. The van der Waals surface area contributed by atoms with Crippen molar-refractivity contribution in [2.24, 2.45) is 0 Å². The Morgan fingerprint density at radius 1 is 0.190 bits per heavy atom. The topological polar surface area (TPSA) is 67.9 Å². The second-order valence-electron chi connectivity index (χ2n) is 32.0. The van der Waals surface area contributed by atoms with Gasteiger partial charge in [0.2, 0.25) is 0 Å². The van der Waals surface area contributed by atoms with E-state index in [0.29, 0.717) is 11.6 Å². The summed E-state index contributed by atoms with van der Waals surface area (Å²) in [4.78, 5) is 27.8. The van der Waals surface area contributed by atoms with Gasteiger partial charge in [0.25, 0.3) is 0 Å². The van der Waals surface area contributed by atoms with E-state index in [1.807, 2.05) is 36.0 Å². The average Bonchev–Trinajstić information content (AvgIpc) is 0.904. The standard InChI is InChI=1S/C65H44N4.C52H34N4S/c1-5-20-45(21-6-1)58-44-59(46-22-7-2-8-23-46)67-64(66-58)49-25-19-24-47(42-49)48-36-41-61-55(43-48)54-30-13-16-33-60(54)68(61)52-37-39-53(40-38-52)69-62-34-17-14-31-56(62)65(50-26-9-3-10-27-50,51-28-11-4-12-29-51)57-32-15-18-35-63(57)69;1-3-14-35(15-4-1)44-34-45(36-16-5-2-6-17-36)54-52(53-44)39-19-13-18-37(32-39)38-26-31-47-43(33-38)42-20-7-8-21-46(42)55(47)40-27-29-41(30-28-40)56-48-22-9-11-24-50(48)57-51-25-12-10-23-49(51)56/h1-44H;1-34H. The van der Waals surface area contributed by atoms with E-state index >= 15 is 0 Å². The van der Waals surface area contributed by atoms with Crippen molar-refractivity contribution < 1.29 is 0 Å². The maximum Gasteiger partial charge on any atom is 0.160 e. The van der Waals surface area contributed by atoms with Crippen molar-refractivity contribution in [2.45, 2.75) is 15.2 Å². The van der Waals surface area contributed by atoms with Crippen molar-refractivity contribution in [3.63, 3.8) is 0 Å². The SMILES string of the molecule is c1ccc(-c2cc(-c3ccccc3)nc(-c3cccc(-c4ccc5c(c4)c4ccccc4n5-c4ccc(N5c6ccccc6C(c6ccccc6)(c6ccccc6)c6ccccc65)cc4)c3)n2)cc1.c1ccc(-c2cc(-c3ccccc3)nc(-c3cccc(-c4ccc5c(c4)c4ccccc4n5-c4ccc(N5c6ccccc6Sc6ccccc65)cc4)c3)n2)cc1. The Balaban J connectivity index is 0.000000148. The Labute approximate surface area is 735 Å². The van der Waals surface area contributed by atoms with Crippen LogP contribution in [0.5, 0.6) is 0 Å². The molecule has 8 nitrogen and oxygen atoms in total. The summed E-state index contributed by atoms with van der Waals surface area (Å²) in [6.07, 6.45) is 0. The molecule has 0 radical (unpaired) electrons. The van der Waals surface area contributed by atoms with Gasteiger partial charge >= 0.3 is 0 Å². The van der Waals surface area contributed by atoms with E-state index in [0.717, 1.165) is 124 Å². The summed E-state index contributed by atoms with van der Waals surface area (Å²) in [7, 11) is 0. The average molecular weight is 1630 g/mol. The molecule has 2 aliphatic rings. The van der Waals surface area contributed by atoms with Gasteiger partial charge in [-0.1, -0.05) is 339 Å². The van der Waals surface area contributed by atoms with Crippen LogP contribution in [-0.2, 0) is 5.41 Å². The van der Waals surface area contributed by atoms with Crippen LogP contribution >= 0.6 is 11.8 Å². The minimum atomic E-state index is -0.511. The number of hydrogen-bond donors (Lipinski definition) is 0. The summed E-state index contributed by atoms with van der Waals surface area (Å²) in [5, 5.41) is 4.83. The summed E-state index contributed by atoms with van der Waals surface area (Å²) in [6.45, 7) is 0. The summed E-state index contributed by atoms with van der Waals surface area (Å²) in [5.41, 5.74) is 32.6. The van der Waals surface area contributed by atoms with Crippen LogP contribution in [-0.4, -0.2) is 29.1 Å². The first-order valence-electron chi connectivity index (χ1n) is 42.7. The Kier molecular flexibility index (Phi) is 18.9. The summed E-state index contributed by atoms with van der Waals surface area (Å²) in [5.74, 6) is 1.40. The molecule has 0 atom stereocenters. The van der Waals surface area contributed by atoms with Gasteiger partial charge in [-0.3, -0.25) is 0 Å². The molecule has 0 saturated heterocycles. The normalized spacial score (nSPS) is 12.4. The highest BCUT2D eigenvalue weighted by Gasteiger charge is 2.46. The third kappa shape index (κ3) is 13.3. The number of aromatic nitrogens is 6. The maximum atomic E-state index is 5.13. The van der Waals surface area contributed by atoms with Crippen LogP contribution in [0.2, 0.25) is 0 Å². The molecule has 9 heteroatoms.